The number of nitrogen functional groups attached to an aromatic ring is 1. The van der Waals surface area contributed by atoms with Gasteiger partial charge in [0.2, 0.25) is 0 Å². The van der Waals surface area contributed by atoms with E-state index in [4.69, 9.17) is 11.5 Å². The number of aromatic nitrogens is 3. The van der Waals surface area contributed by atoms with Gasteiger partial charge in [-0.1, -0.05) is 24.3 Å². The molecule has 2 aromatic carbocycles. The number of H-pyrrole nitrogens is 1. The number of anilines is 1. The highest BCUT2D eigenvalue weighted by atomic mass is 19.1. The number of nitrogens with zero attached hydrogens (tertiary/aromatic N) is 2. The molecule has 0 radical (unpaired) electrons. The number of carbonyl (C=O) groups excluding carboxylic acids is 1. The Hall–Kier alpha value is -3.81. The van der Waals surface area contributed by atoms with Crippen LogP contribution in [0.5, 0.6) is 0 Å². The van der Waals surface area contributed by atoms with Crippen LogP contribution in [0.1, 0.15) is 10.4 Å². The smallest absolute Gasteiger partial charge is 0.254 e. The van der Waals surface area contributed by atoms with E-state index in [1.165, 1.54) is 18.2 Å². The van der Waals surface area contributed by atoms with Gasteiger partial charge in [-0.3, -0.25) is 9.89 Å². The van der Waals surface area contributed by atoms with Crippen molar-refractivity contribution in [2.75, 3.05) is 5.73 Å². The fraction of sp³-hybridized carbons (Fsp3) is 0. The van der Waals surface area contributed by atoms with Gasteiger partial charge in [-0.2, -0.15) is 5.10 Å². The van der Waals surface area contributed by atoms with E-state index < -0.39 is 17.5 Å². The molecule has 27 heavy (non-hydrogen) atoms. The minimum Gasteiger partial charge on any atom is -0.382 e. The van der Waals surface area contributed by atoms with Gasteiger partial charge in [-0.05, 0) is 24.3 Å². The molecule has 4 aromatic rings. The molecule has 0 aliphatic heterocycles. The molecule has 0 aliphatic rings. The maximum atomic E-state index is 14.1. The summed E-state index contributed by atoms with van der Waals surface area (Å²) in [5.74, 6) is -2.12. The Morgan fingerprint density at radius 1 is 1.04 bits per heavy atom. The van der Waals surface area contributed by atoms with Crippen LogP contribution in [0.3, 0.4) is 0 Å². The molecular weight excluding hydrogens is 352 g/mol. The van der Waals surface area contributed by atoms with E-state index in [-0.39, 0.29) is 22.6 Å². The third kappa shape index (κ3) is 2.77. The number of fused-ring (bicyclic) bond motifs is 1. The SMILES string of the molecule is NC(=O)c1c(N)n[nH]c1-c1ccc2ccc(-c3c(F)cccc3F)nc2c1. The summed E-state index contributed by atoms with van der Waals surface area (Å²) in [6, 6.07) is 12.1. The number of hydrogen-bond donors (Lipinski definition) is 3. The van der Waals surface area contributed by atoms with E-state index >= 15 is 0 Å². The molecule has 8 heteroatoms. The third-order valence-electron chi connectivity index (χ3n) is 4.24. The van der Waals surface area contributed by atoms with E-state index in [0.29, 0.717) is 16.8 Å². The second-order valence-electron chi connectivity index (χ2n) is 5.92. The van der Waals surface area contributed by atoms with E-state index in [2.05, 4.69) is 15.2 Å². The number of primary amides is 1. The number of amides is 1. The molecular formula is C19H13F2N5O. The van der Waals surface area contributed by atoms with Crippen molar-refractivity contribution in [2.24, 2.45) is 5.73 Å². The third-order valence-corrected chi connectivity index (χ3v) is 4.24. The summed E-state index contributed by atoms with van der Waals surface area (Å²) in [7, 11) is 0. The summed E-state index contributed by atoms with van der Waals surface area (Å²) in [4.78, 5) is 16.0. The van der Waals surface area contributed by atoms with Crippen LogP contribution in [0.15, 0.2) is 48.5 Å². The van der Waals surface area contributed by atoms with Gasteiger partial charge in [0.05, 0.1) is 22.5 Å². The number of aromatic amines is 1. The van der Waals surface area contributed by atoms with Crippen LogP contribution in [-0.2, 0) is 0 Å². The molecule has 0 bridgehead atoms. The van der Waals surface area contributed by atoms with Crippen molar-refractivity contribution in [3.8, 4) is 22.5 Å². The summed E-state index contributed by atoms with van der Waals surface area (Å²) < 4.78 is 28.1. The van der Waals surface area contributed by atoms with Gasteiger partial charge in [-0.15, -0.1) is 0 Å². The minimum absolute atomic E-state index is 0.00673. The van der Waals surface area contributed by atoms with Gasteiger partial charge >= 0.3 is 0 Å². The van der Waals surface area contributed by atoms with Crippen molar-refractivity contribution in [3.63, 3.8) is 0 Å². The lowest BCUT2D eigenvalue weighted by molar-refractivity contribution is 0.100. The topological polar surface area (TPSA) is 111 Å². The molecule has 0 aliphatic carbocycles. The first-order chi connectivity index (χ1) is 13.0. The minimum atomic E-state index is -0.716. The van der Waals surface area contributed by atoms with Gasteiger partial charge in [0.1, 0.15) is 17.2 Å². The van der Waals surface area contributed by atoms with Crippen LogP contribution < -0.4 is 11.5 Å². The summed E-state index contributed by atoms with van der Waals surface area (Å²) in [6.45, 7) is 0. The number of hydrogen-bond acceptors (Lipinski definition) is 4. The number of halogens is 2. The van der Waals surface area contributed by atoms with Crippen molar-refractivity contribution < 1.29 is 13.6 Å². The van der Waals surface area contributed by atoms with Gasteiger partial charge in [-0.25, -0.2) is 13.8 Å². The number of rotatable bonds is 3. The Morgan fingerprint density at radius 2 is 1.74 bits per heavy atom. The highest BCUT2D eigenvalue weighted by molar-refractivity contribution is 6.03. The van der Waals surface area contributed by atoms with Crippen LogP contribution in [0, 0.1) is 11.6 Å². The van der Waals surface area contributed by atoms with Crippen molar-refractivity contribution in [1.82, 2.24) is 15.2 Å². The second-order valence-corrected chi connectivity index (χ2v) is 5.92. The standard InChI is InChI=1S/C19H13F2N5O/c20-11-2-1-3-12(21)15(11)13-7-6-9-4-5-10(8-14(9)24-13)17-16(19(23)27)18(22)26-25-17/h1-8H,(H2,23,27)(H3,22,25,26). The maximum absolute atomic E-state index is 14.1. The predicted octanol–water partition coefficient (Wildman–Crippen LogP) is 3.25. The van der Waals surface area contributed by atoms with Crippen LogP contribution in [0.2, 0.25) is 0 Å². The van der Waals surface area contributed by atoms with Crippen LogP contribution >= 0.6 is 0 Å². The predicted molar refractivity (Wildman–Crippen MR) is 97.6 cm³/mol. The zero-order chi connectivity index (χ0) is 19.1. The second kappa shape index (κ2) is 6.17. The van der Waals surface area contributed by atoms with Crippen molar-refractivity contribution in [1.29, 1.82) is 0 Å². The Bertz CT molecular complexity index is 1180. The lowest BCUT2D eigenvalue weighted by Gasteiger charge is -2.07. The molecule has 5 N–H and O–H groups in total. The van der Waals surface area contributed by atoms with E-state index in [1.54, 1.807) is 30.3 Å². The first-order valence-corrected chi connectivity index (χ1v) is 7.95. The Labute approximate surface area is 151 Å². The highest BCUT2D eigenvalue weighted by Gasteiger charge is 2.18. The van der Waals surface area contributed by atoms with E-state index in [0.717, 1.165) is 5.39 Å². The van der Waals surface area contributed by atoms with Gasteiger partial charge in [0.25, 0.3) is 5.91 Å². The maximum Gasteiger partial charge on any atom is 0.254 e. The fourth-order valence-electron chi connectivity index (χ4n) is 2.97. The van der Waals surface area contributed by atoms with Crippen molar-refractivity contribution in [3.05, 3.63) is 65.7 Å². The van der Waals surface area contributed by atoms with Gasteiger partial charge < -0.3 is 11.5 Å². The number of benzene rings is 2. The molecule has 0 atom stereocenters. The Balaban J connectivity index is 1.89. The lowest BCUT2D eigenvalue weighted by atomic mass is 10.0. The molecule has 0 fully saturated rings. The summed E-state index contributed by atoms with van der Waals surface area (Å²) in [5.41, 5.74) is 12.5. The molecule has 6 nitrogen and oxygen atoms in total. The Kier molecular flexibility index (Phi) is 3.80. The monoisotopic (exact) mass is 365 g/mol. The van der Waals surface area contributed by atoms with Gasteiger partial charge in [0, 0.05) is 10.9 Å². The van der Waals surface area contributed by atoms with Crippen LogP contribution in [-0.4, -0.2) is 21.1 Å². The first kappa shape index (κ1) is 16.6. The Morgan fingerprint density at radius 3 is 2.44 bits per heavy atom. The molecule has 0 saturated carbocycles. The van der Waals surface area contributed by atoms with Crippen LogP contribution in [0.4, 0.5) is 14.6 Å². The number of nitrogens with one attached hydrogen (secondary N) is 1. The molecule has 4 rings (SSSR count). The van der Waals surface area contributed by atoms with Gasteiger partial charge in [0.15, 0.2) is 5.82 Å². The number of carbonyl (C=O) groups is 1. The lowest BCUT2D eigenvalue weighted by Crippen LogP contribution is -2.13. The van der Waals surface area contributed by atoms with Crippen molar-refractivity contribution >= 4 is 22.6 Å². The summed E-state index contributed by atoms with van der Waals surface area (Å²) in [6.07, 6.45) is 0. The molecule has 0 saturated heterocycles. The zero-order valence-electron chi connectivity index (χ0n) is 13.8. The van der Waals surface area contributed by atoms with Crippen LogP contribution in [0.25, 0.3) is 33.4 Å². The average molecular weight is 365 g/mol. The molecule has 0 spiro atoms. The fourth-order valence-corrected chi connectivity index (χ4v) is 2.97. The first-order valence-electron chi connectivity index (χ1n) is 7.95. The normalized spacial score (nSPS) is 11.0. The average Bonchev–Trinajstić information content (AvgIpc) is 3.03. The summed E-state index contributed by atoms with van der Waals surface area (Å²) >= 11 is 0. The molecule has 2 heterocycles. The largest absolute Gasteiger partial charge is 0.382 e. The zero-order valence-corrected chi connectivity index (χ0v) is 13.8. The number of pyridine rings is 1. The highest BCUT2D eigenvalue weighted by Crippen LogP contribution is 2.30. The molecule has 2 aromatic heterocycles. The van der Waals surface area contributed by atoms with E-state index in [1.807, 2.05) is 0 Å². The summed E-state index contributed by atoms with van der Waals surface area (Å²) in [5, 5.41) is 7.25. The molecule has 0 unspecified atom stereocenters. The van der Waals surface area contributed by atoms with E-state index in [9.17, 15) is 13.6 Å². The molecule has 1 amide bonds. The number of nitrogens with two attached hydrogens (primary N) is 2. The quantitative estimate of drug-likeness (QED) is 0.517. The van der Waals surface area contributed by atoms with Crippen molar-refractivity contribution in [2.45, 2.75) is 0 Å². The molecule has 134 valence electrons.